The van der Waals surface area contributed by atoms with Gasteiger partial charge in [0.25, 0.3) is 0 Å². The van der Waals surface area contributed by atoms with E-state index >= 15 is 0 Å². The highest BCUT2D eigenvalue weighted by molar-refractivity contribution is 7.99. The van der Waals surface area contributed by atoms with Gasteiger partial charge in [-0.05, 0) is 25.1 Å². The largest absolute Gasteiger partial charge is 0.481 e. The molecule has 4 rings (SSSR count). The summed E-state index contributed by atoms with van der Waals surface area (Å²) in [7, 11) is 1.70. The van der Waals surface area contributed by atoms with Crippen LogP contribution in [0.4, 0.5) is 15.9 Å². The number of thioether (sulfide) groups is 1. The average Bonchev–Trinajstić information content (AvgIpc) is 3.27. The van der Waals surface area contributed by atoms with Gasteiger partial charge in [-0.2, -0.15) is 9.97 Å². The number of nitrogens with two attached hydrogens (primary N) is 2. The molecule has 202 valence electrons. The number of H-pyrrole nitrogens is 1. The van der Waals surface area contributed by atoms with Gasteiger partial charge in [-0.3, -0.25) is 4.79 Å². The number of hydrogen-bond donors (Lipinski definition) is 6. The number of hydrogen-bond acceptors (Lipinski definition) is 12. The van der Waals surface area contributed by atoms with Crippen LogP contribution in [0.1, 0.15) is 6.42 Å². The highest BCUT2D eigenvalue weighted by Crippen LogP contribution is 2.36. The SMILES string of the molecule is CNc1cc(F)cc2c1[nH]c1nc(Oc3cnc(SCC(=O)O)nc3)nc(N[C@H](CN)COCCCN)c12. The molecule has 0 saturated carbocycles. The van der Waals surface area contributed by atoms with E-state index in [1.807, 2.05) is 0 Å². The summed E-state index contributed by atoms with van der Waals surface area (Å²) in [5.74, 6) is -0.943. The number of rotatable bonds is 14. The smallest absolute Gasteiger partial charge is 0.326 e. The summed E-state index contributed by atoms with van der Waals surface area (Å²) < 4.78 is 25.9. The Hall–Kier alpha value is -3.79. The Bertz CT molecular complexity index is 1400. The zero-order chi connectivity index (χ0) is 27.1. The van der Waals surface area contributed by atoms with E-state index in [-0.39, 0.29) is 35.3 Å². The number of aliphatic carboxylic acids is 1. The molecule has 3 aromatic heterocycles. The molecule has 0 fully saturated rings. The molecule has 1 atom stereocenters. The predicted octanol–water partition coefficient (Wildman–Crippen LogP) is 2.16. The van der Waals surface area contributed by atoms with Gasteiger partial charge < -0.3 is 41.7 Å². The lowest BCUT2D eigenvalue weighted by molar-refractivity contribution is -0.133. The molecule has 15 heteroatoms. The molecule has 0 unspecified atom stereocenters. The van der Waals surface area contributed by atoms with Crippen LogP contribution >= 0.6 is 11.8 Å². The van der Waals surface area contributed by atoms with E-state index in [0.29, 0.717) is 53.2 Å². The molecule has 0 bridgehead atoms. The zero-order valence-electron chi connectivity index (χ0n) is 20.5. The fourth-order valence-electron chi connectivity index (χ4n) is 3.63. The molecule has 0 aliphatic rings. The van der Waals surface area contributed by atoms with Crippen molar-refractivity contribution in [3.8, 4) is 11.8 Å². The van der Waals surface area contributed by atoms with Crippen molar-refractivity contribution in [3.05, 3.63) is 30.3 Å². The minimum Gasteiger partial charge on any atom is -0.481 e. The third-order valence-corrected chi connectivity index (χ3v) is 6.21. The number of nitrogens with zero attached hydrogens (tertiary/aromatic N) is 4. The summed E-state index contributed by atoms with van der Waals surface area (Å²) in [6, 6.07) is 2.45. The van der Waals surface area contributed by atoms with Crippen LogP contribution in [-0.4, -0.2) is 81.1 Å². The van der Waals surface area contributed by atoms with Crippen LogP contribution in [0, 0.1) is 5.82 Å². The van der Waals surface area contributed by atoms with Crippen LogP contribution in [-0.2, 0) is 9.53 Å². The summed E-state index contributed by atoms with van der Waals surface area (Å²) >= 11 is 0.983. The number of halogens is 1. The number of carboxylic acids is 1. The molecule has 0 amide bonds. The lowest BCUT2D eigenvalue weighted by Crippen LogP contribution is -2.34. The Labute approximate surface area is 220 Å². The molecule has 0 saturated heterocycles. The number of anilines is 2. The lowest BCUT2D eigenvalue weighted by atomic mass is 10.1. The molecule has 38 heavy (non-hydrogen) atoms. The van der Waals surface area contributed by atoms with Crippen molar-refractivity contribution in [2.75, 3.05) is 49.7 Å². The van der Waals surface area contributed by atoms with Crippen molar-refractivity contribution in [1.82, 2.24) is 24.9 Å². The first-order chi connectivity index (χ1) is 18.4. The van der Waals surface area contributed by atoms with Crippen molar-refractivity contribution < 1.29 is 23.8 Å². The number of aromatic amines is 1. The number of carbonyl (C=O) groups is 1. The first-order valence-electron chi connectivity index (χ1n) is 11.7. The first-order valence-corrected chi connectivity index (χ1v) is 12.7. The lowest BCUT2D eigenvalue weighted by Gasteiger charge is -2.18. The quantitative estimate of drug-likeness (QED) is 0.0766. The molecule has 4 aromatic rings. The van der Waals surface area contributed by atoms with Crippen LogP contribution in [0.2, 0.25) is 0 Å². The van der Waals surface area contributed by atoms with Crippen molar-refractivity contribution >= 4 is 51.2 Å². The molecule has 8 N–H and O–H groups in total. The van der Waals surface area contributed by atoms with E-state index in [2.05, 4.69) is 35.6 Å². The van der Waals surface area contributed by atoms with E-state index in [9.17, 15) is 9.18 Å². The molecule has 13 nitrogen and oxygen atoms in total. The fourth-order valence-corrected chi connectivity index (χ4v) is 4.13. The number of benzene rings is 1. The van der Waals surface area contributed by atoms with Gasteiger partial charge in [-0.1, -0.05) is 11.8 Å². The molecule has 0 radical (unpaired) electrons. The minimum absolute atomic E-state index is 0.0209. The molecule has 0 spiro atoms. The maximum absolute atomic E-state index is 14.4. The summed E-state index contributed by atoms with van der Waals surface area (Å²) in [4.78, 5) is 31.2. The van der Waals surface area contributed by atoms with Crippen LogP contribution < -0.4 is 26.8 Å². The van der Waals surface area contributed by atoms with E-state index in [4.69, 9.17) is 26.0 Å². The maximum Gasteiger partial charge on any atom is 0.326 e. The highest BCUT2D eigenvalue weighted by atomic mass is 32.2. The van der Waals surface area contributed by atoms with Gasteiger partial charge in [0.2, 0.25) is 0 Å². The average molecular weight is 546 g/mol. The second kappa shape index (κ2) is 12.6. The zero-order valence-corrected chi connectivity index (χ0v) is 21.3. The highest BCUT2D eigenvalue weighted by Gasteiger charge is 2.20. The first kappa shape index (κ1) is 27.3. The number of ether oxygens (including phenoxy) is 2. The monoisotopic (exact) mass is 545 g/mol. The van der Waals surface area contributed by atoms with Crippen molar-refractivity contribution in [2.45, 2.75) is 17.6 Å². The fraction of sp³-hybridized carbons (Fsp3) is 0.348. The third-order valence-electron chi connectivity index (χ3n) is 5.35. The van der Waals surface area contributed by atoms with E-state index in [1.54, 1.807) is 7.05 Å². The summed E-state index contributed by atoms with van der Waals surface area (Å²) in [5, 5.41) is 16.5. The molecule has 1 aromatic carbocycles. The Morgan fingerprint density at radius 2 is 2.05 bits per heavy atom. The minimum atomic E-state index is -0.971. The Balaban J connectivity index is 1.70. The van der Waals surface area contributed by atoms with Gasteiger partial charge in [0, 0.05) is 25.6 Å². The maximum atomic E-state index is 14.4. The molecule has 0 aliphatic heterocycles. The second-order valence-corrected chi connectivity index (χ2v) is 9.05. The van der Waals surface area contributed by atoms with Gasteiger partial charge in [0.15, 0.2) is 10.9 Å². The Morgan fingerprint density at radius 3 is 2.74 bits per heavy atom. The number of nitrogens with one attached hydrogen (secondary N) is 3. The molecular formula is C23H28FN9O4S. The van der Waals surface area contributed by atoms with E-state index in [1.165, 1.54) is 24.5 Å². The summed E-state index contributed by atoms with van der Waals surface area (Å²) in [5.41, 5.74) is 13.1. The van der Waals surface area contributed by atoms with E-state index < -0.39 is 11.8 Å². The number of aromatic nitrogens is 5. The Morgan fingerprint density at radius 1 is 1.26 bits per heavy atom. The third kappa shape index (κ3) is 6.55. The van der Waals surface area contributed by atoms with Crippen molar-refractivity contribution in [1.29, 1.82) is 0 Å². The molecule has 0 aliphatic carbocycles. The predicted molar refractivity (Wildman–Crippen MR) is 142 cm³/mol. The van der Waals surface area contributed by atoms with Crippen molar-refractivity contribution in [2.24, 2.45) is 11.5 Å². The van der Waals surface area contributed by atoms with Gasteiger partial charge in [-0.25, -0.2) is 14.4 Å². The van der Waals surface area contributed by atoms with Crippen molar-refractivity contribution in [3.63, 3.8) is 0 Å². The molecule has 3 heterocycles. The van der Waals surface area contributed by atoms with Gasteiger partial charge >= 0.3 is 12.0 Å². The summed E-state index contributed by atoms with van der Waals surface area (Å²) in [6.45, 7) is 1.56. The van der Waals surface area contributed by atoms with Crippen LogP contribution in [0.25, 0.3) is 21.9 Å². The number of fused-ring (bicyclic) bond motifs is 3. The topological polar surface area (TPSA) is 199 Å². The van der Waals surface area contributed by atoms with Gasteiger partial charge in [0.1, 0.15) is 17.3 Å². The van der Waals surface area contributed by atoms with Crippen LogP contribution in [0.15, 0.2) is 29.7 Å². The standard InChI is InChI=1S/C23H28FN9O4S/c1-27-16-6-12(24)5-15-18-20(30-13(7-26)10-36-4-2-3-25)32-22(33-21(18)31-19(15)16)37-14-8-28-23(29-9-14)38-11-17(34)35/h5-6,8-9,13,27H,2-4,7,10-11,25-26H2,1H3,(H,34,35)(H2,30,31,32,33)/t13-/m1/s1. The van der Waals surface area contributed by atoms with Gasteiger partial charge in [-0.15, -0.1) is 0 Å². The van der Waals surface area contributed by atoms with Gasteiger partial charge in [0.05, 0.1) is 47.4 Å². The van der Waals surface area contributed by atoms with E-state index in [0.717, 1.165) is 18.2 Å². The second-order valence-electron chi connectivity index (χ2n) is 8.11. The Kier molecular flexibility index (Phi) is 9.06. The normalized spacial score (nSPS) is 12.1. The van der Waals surface area contributed by atoms with Crippen LogP contribution in [0.3, 0.4) is 0 Å². The van der Waals surface area contributed by atoms with Crippen LogP contribution in [0.5, 0.6) is 11.8 Å². The summed E-state index contributed by atoms with van der Waals surface area (Å²) in [6.07, 6.45) is 3.51. The number of carboxylic acid groups (broad SMARTS) is 1. The molecular weight excluding hydrogens is 517 g/mol.